The van der Waals surface area contributed by atoms with Gasteiger partial charge in [0.2, 0.25) is 0 Å². The number of aromatic nitrogens is 1. The van der Waals surface area contributed by atoms with Crippen LogP contribution in [0.3, 0.4) is 0 Å². The van der Waals surface area contributed by atoms with Gasteiger partial charge in [-0.3, -0.25) is 0 Å². The SMILES string of the molecule is Clc1ccc(CCOPI)cn1. The van der Waals surface area contributed by atoms with Crippen LogP contribution >= 0.6 is 40.1 Å². The summed E-state index contributed by atoms with van der Waals surface area (Å²) in [5.41, 5.74) is 1.16. The molecule has 0 aromatic carbocycles. The third-order valence-corrected chi connectivity index (χ3v) is 2.81. The molecule has 0 aliphatic rings. The van der Waals surface area contributed by atoms with Crippen LogP contribution < -0.4 is 0 Å². The molecule has 1 aromatic heterocycles. The minimum Gasteiger partial charge on any atom is -0.351 e. The summed E-state index contributed by atoms with van der Waals surface area (Å²) in [5.74, 6) is 0. The van der Waals surface area contributed by atoms with Crippen molar-refractivity contribution < 1.29 is 4.52 Å². The first-order valence-corrected chi connectivity index (χ1v) is 7.81. The third kappa shape index (κ3) is 3.99. The zero-order chi connectivity index (χ0) is 8.81. The van der Waals surface area contributed by atoms with Gasteiger partial charge in [-0.05, 0) is 40.1 Å². The van der Waals surface area contributed by atoms with Crippen LogP contribution in [0.15, 0.2) is 18.3 Å². The Kier molecular flexibility index (Phi) is 5.39. The van der Waals surface area contributed by atoms with Crippen molar-refractivity contribution in [3.63, 3.8) is 0 Å². The van der Waals surface area contributed by atoms with E-state index in [-0.39, 0.29) is 0 Å². The maximum atomic E-state index is 5.63. The summed E-state index contributed by atoms with van der Waals surface area (Å²) in [7, 11) is 0. The quantitative estimate of drug-likeness (QED) is 0.368. The van der Waals surface area contributed by atoms with E-state index >= 15 is 0 Å². The summed E-state index contributed by atoms with van der Waals surface area (Å²) in [5, 5.41) is 0.537. The molecule has 0 aliphatic heterocycles. The number of nitrogens with zero attached hydrogens (tertiary/aromatic N) is 1. The van der Waals surface area contributed by atoms with Gasteiger partial charge in [-0.1, -0.05) is 17.7 Å². The molecule has 1 heterocycles. The van der Waals surface area contributed by atoms with E-state index in [2.05, 4.69) is 27.0 Å². The molecule has 0 spiro atoms. The Morgan fingerprint density at radius 3 is 3.00 bits per heavy atom. The molecule has 0 aliphatic carbocycles. The minimum atomic E-state index is 0.531. The monoisotopic (exact) mass is 315 g/mol. The van der Waals surface area contributed by atoms with Crippen molar-refractivity contribution in [1.29, 1.82) is 0 Å². The summed E-state index contributed by atoms with van der Waals surface area (Å²) in [6, 6.07) is 3.76. The second-order valence-corrected chi connectivity index (χ2v) is 4.32. The Morgan fingerprint density at radius 2 is 2.42 bits per heavy atom. The molecule has 0 radical (unpaired) electrons. The molecule has 2 nitrogen and oxygen atoms in total. The fraction of sp³-hybridized carbons (Fsp3) is 0.286. The van der Waals surface area contributed by atoms with E-state index in [0.29, 0.717) is 11.6 Å². The Labute approximate surface area is 91.4 Å². The molecule has 5 heteroatoms. The van der Waals surface area contributed by atoms with Crippen molar-refractivity contribution in [3.05, 3.63) is 29.0 Å². The van der Waals surface area contributed by atoms with Gasteiger partial charge in [0.25, 0.3) is 0 Å². The predicted octanol–water partition coefficient (Wildman–Crippen LogP) is 3.24. The largest absolute Gasteiger partial charge is 0.351 e. The summed E-state index contributed by atoms with van der Waals surface area (Å²) in [6.07, 6.45) is 2.68. The maximum absolute atomic E-state index is 5.63. The fourth-order valence-corrected chi connectivity index (χ4v) is 1.71. The van der Waals surface area contributed by atoms with Gasteiger partial charge in [0.15, 0.2) is 0 Å². The predicted molar refractivity (Wildman–Crippen MR) is 61.2 cm³/mol. The van der Waals surface area contributed by atoms with Crippen LogP contribution in [-0.2, 0) is 10.9 Å². The van der Waals surface area contributed by atoms with Gasteiger partial charge in [-0.25, -0.2) is 4.98 Å². The van der Waals surface area contributed by atoms with Gasteiger partial charge in [-0.2, -0.15) is 0 Å². The second-order valence-electron chi connectivity index (χ2n) is 2.16. The normalized spacial score (nSPS) is 11.2. The highest BCUT2D eigenvalue weighted by molar-refractivity contribution is 14.2. The molecular weight excluding hydrogens is 307 g/mol. The molecule has 1 atom stereocenters. The molecule has 0 amide bonds. The first kappa shape index (κ1) is 10.6. The topological polar surface area (TPSA) is 22.1 Å². The van der Waals surface area contributed by atoms with Crippen molar-refractivity contribution >= 4 is 40.1 Å². The van der Waals surface area contributed by atoms with E-state index in [1.807, 2.05) is 6.07 Å². The lowest BCUT2D eigenvalue weighted by molar-refractivity contribution is 0.376. The van der Waals surface area contributed by atoms with E-state index in [1.54, 1.807) is 12.3 Å². The van der Waals surface area contributed by atoms with E-state index in [0.717, 1.165) is 18.6 Å². The van der Waals surface area contributed by atoms with Crippen LogP contribution in [0.25, 0.3) is 0 Å². The Hall–Kier alpha value is 0.560. The molecule has 1 rings (SSSR count). The Morgan fingerprint density at radius 1 is 1.58 bits per heavy atom. The summed E-state index contributed by atoms with van der Waals surface area (Å²) < 4.78 is 5.22. The average molecular weight is 315 g/mol. The zero-order valence-corrected chi connectivity index (χ0v) is 10.2. The highest BCUT2D eigenvalue weighted by Crippen LogP contribution is 2.21. The van der Waals surface area contributed by atoms with Crippen LogP contribution in [0.5, 0.6) is 0 Å². The van der Waals surface area contributed by atoms with Crippen LogP contribution in [0.4, 0.5) is 0 Å². The smallest absolute Gasteiger partial charge is 0.129 e. The molecule has 0 saturated heterocycles. The summed E-state index contributed by atoms with van der Waals surface area (Å²) >= 11 is 7.84. The van der Waals surface area contributed by atoms with E-state index < -0.39 is 0 Å². The van der Waals surface area contributed by atoms with Gasteiger partial charge in [0, 0.05) is 6.20 Å². The average Bonchev–Trinajstić information content (AvgIpc) is 2.09. The summed E-state index contributed by atoms with van der Waals surface area (Å²) in [6.45, 7) is 1.29. The molecular formula is C7H8ClINOP. The Bertz CT molecular complexity index is 231. The van der Waals surface area contributed by atoms with E-state index in [1.165, 1.54) is 0 Å². The number of pyridine rings is 1. The van der Waals surface area contributed by atoms with Crippen molar-refractivity contribution in [1.82, 2.24) is 4.98 Å². The van der Waals surface area contributed by atoms with Crippen molar-refractivity contribution in [2.24, 2.45) is 0 Å². The maximum Gasteiger partial charge on any atom is 0.129 e. The highest BCUT2D eigenvalue weighted by atomic mass is 127. The van der Waals surface area contributed by atoms with Gasteiger partial charge < -0.3 is 4.52 Å². The van der Waals surface area contributed by atoms with Gasteiger partial charge in [-0.15, -0.1) is 0 Å². The first-order valence-electron chi connectivity index (χ1n) is 3.41. The third-order valence-electron chi connectivity index (χ3n) is 1.34. The first-order chi connectivity index (χ1) is 5.83. The lowest BCUT2D eigenvalue weighted by Gasteiger charge is -1.99. The van der Waals surface area contributed by atoms with Crippen LogP contribution in [0.1, 0.15) is 5.56 Å². The van der Waals surface area contributed by atoms with Crippen LogP contribution in [0, 0.1) is 0 Å². The molecule has 0 bridgehead atoms. The molecule has 0 fully saturated rings. The molecule has 12 heavy (non-hydrogen) atoms. The van der Waals surface area contributed by atoms with Gasteiger partial charge in [0.1, 0.15) is 5.15 Å². The Balaban J connectivity index is 2.37. The minimum absolute atomic E-state index is 0.531. The van der Waals surface area contributed by atoms with Crippen LogP contribution in [0.2, 0.25) is 5.15 Å². The fourth-order valence-electron chi connectivity index (χ4n) is 0.762. The second kappa shape index (κ2) is 6.08. The zero-order valence-electron chi connectivity index (χ0n) is 6.26. The molecule has 66 valence electrons. The molecule has 0 saturated carbocycles. The van der Waals surface area contributed by atoms with E-state index in [9.17, 15) is 0 Å². The van der Waals surface area contributed by atoms with Crippen LogP contribution in [-0.4, -0.2) is 11.6 Å². The number of halogens is 2. The lowest BCUT2D eigenvalue weighted by atomic mass is 10.2. The molecule has 0 N–H and O–H groups in total. The van der Waals surface area contributed by atoms with Crippen molar-refractivity contribution in [2.45, 2.75) is 6.42 Å². The van der Waals surface area contributed by atoms with Crippen molar-refractivity contribution in [2.75, 3.05) is 6.61 Å². The number of hydrogen-bond donors (Lipinski definition) is 0. The lowest BCUT2D eigenvalue weighted by Crippen LogP contribution is -1.92. The standard InChI is InChI=1S/C7H8ClINOP/c8-7-2-1-6(5-10-7)3-4-11-12-9/h1-2,5,12H,3-4H2. The number of rotatable bonds is 4. The highest BCUT2D eigenvalue weighted by Gasteiger charge is 1.93. The van der Waals surface area contributed by atoms with Gasteiger partial charge >= 0.3 is 0 Å². The van der Waals surface area contributed by atoms with E-state index in [4.69, 9.17) is 16.1 Å². The molecule has 1 unspecified atom stereocenters. The number of hydrogen-bond acceptors (Lipinski definition) is 2. The van der Waals surface area contributed by atoms with Gasteiger partial charge in [0.05, 0.1) is 13.1 Å². The summed E-state index contributed by atoms with van der Waals surface area (Å²) in [4.78, 5) is 3.97. The molecule has 1 aromatic rings. The van der Waals surface area contributed by atoms with Crippen molar-refractivity contribution in [3.8, 4) is 0 Å².